The fourth-order valence-electron chi connectivity index (χ4n) is 2.65. The molecule has 102 valence electrons. The van der Waals surface area contributed by atoms with Crippen molar-refractivity contribution >= 4 is 0 Å². The molecule has 2 unspecified atom stereocenters. The molecule has 1 aliphatic carbocycles. The van der Waals surface area contributed by atoms with Crippen LogP contribution in [0.5, 0.6) is 0 Å². The molecule has 0 bridgehead atoms. The maximum absolute atomic E-state index is 9.90. The highest BCUT2D eigenvalue weighted by molar-refractivity contribution is 5.26. The Hall–Kier alpha value is -0.800. The molecule has 3 nitrogen and oxygen atoms in total. The van der Waals surface area contributed by atoms with Gasteiger partial charge in [-0.3, -0.25) is 0 Å². The maximum atomic E-state index is 9.90. The van der Waals surface area contributed by atoms with Gasteiger partial charge in [-0.1, -0.05) is 27.7 Å². The average Bonchev–Trinajstić information content (AvgIpc) is 2.71. The zero-order valence-electron chi connectivity index (χ0n) is 11.9. The van der Waals surface area contributed by atoms with E-state index in [0.717, 1.165) is 18.6 Å². The monoisotopic (exact) mass is 251 g/mol. The summed E-state index contributed by atoms with van der Waals surface area (Å²) in [4.78, 5) is 0. The van der Waals surface area contributed by atoms with Crippen LogP contribution in [0.1, 0.15) is 51.5 Å². The minimum Gasteiger partial charge on any atom is -0.469 e. The number of furan rings is 1. The van der Waals surface area contributed by atoms with Gasteiger partial charge < -0.3 is 14.8 Å². The van der Waals surface area contributed by atoms with Crippen LogP contribution in [0.3, 0.4) is 0 Å². The number of hydrogen-bond donors (Lipinski definition) is 2. The number of rotatable bonds is 4. The predicted octanol–water partition coefficient (Wildman–Crippen LogP) is 2.90. The van der Waals surface area contributed by atoms with Crippen molar-refractivity contribution < 1.29 is 9.52 Å². The lowest BCUT2D eigenvalue weighted by molar-refractivity contribution is 0.114. The van der Waals surface area contributed by atoms with Crippen LogP contribution in [0.25, 0.3) is 0 Å². The molecule has 18 heavy (non-hydrogen) atoms. The molecule has 2 atom stereocenters. The van der Waals surface area contributed by atoms with Gasteiger partial charge in [0.05, 0.1) is 12.4 Å². The van der Waals surface area contributed by atoms with Crippen LogP contribution in [0.15, 0.2) is 16.7 Å². The Morgan fingerprint density at radius 2 is 2.22 bits per heavy atom. The minimum atomic E-state index is -0.287. The van der Waals surface area contributed by atoms with Crippen molar-refractivity contribution in [2.45, 2.75) is 52.7 Å². The topological polar surface area (TPSA) is 45.4 Å². The van der Waals surface area contributed by atoms with Crippen LogP contribution in [0.2, 0.25) is 0 Å². The molecule has 1 aliphatic rings. The third-order valence-corrected chi connectivity index (χ3v) is 3.89. The largest absolute Gasteiger partial charge is 0.469 e. The van der Waals surface area contributed by atoms with Crippen LogP contribution >= 0.6 is 0 Å². The van der Waals surface area contributed by atoms with Gasteiger partial charge in [-0.25, -0.2) is 0 Å². The molecule has 0 fully saturated rings. The standard InChI is InChI=1S/C15H25NO2/c1-10(2)13(17)9-16-12-7-15(3,4)8-14-11(12)5-6-18-14/h5-6,10,12-13,16-17H,7-9H2,1-4H3. The Bertz CT molecular complexity index is 395. The van der Waals surface area contributed by atoms with Crippen molar-refractivity contribution in [2.24, 2.45) is 11.3 Å². The van der Waals surface area contributed by atoms with Crippen LogP contribution in [-0.2, 0) is 6.42 Å². The van der Waals surface area contributed by atoms with Crippen molar-refractivity contribution in [3.8, 4) is 0 Å². The third-order valence-electron chi connectivity index (χ3n) is 3.89. The summed E-state index contributed by atoms with van der Waals surface area (Å²) < 4.78 is 5.57. The highest BCUT2D eigenvalue weighted by atomic mass is 16.3. The van der Waals surface area contributed by atoms with E-state index >= 15 is 0 Å². The van der Waals surface area contributed by atoms with Crippen molar-refractivity contribution in [2.75, 3.05) is 6.54 Å². The van der Waals surface area contributed by atoms with E-state index in [2.05, 4.69) is 25.2 Å². The van der Waals surface area contributed by atoms with Gasteiger partial charge in [-0.2, -0.15) is 0 Å². The summed E-state index contributed by atoms with van der Waals surface area (Å²) in [5.41, 5.74) is 1.52. The van der Waals surface area contributed by atoms with Gasteiger partial charge in [0.25, 0.3) is 0 Å². The second kappa shape index (κ2) is 5.06. The first-order valence-corrected chi connectivity index (χ1v) is 6.87. The van der Waals surface area contributed by atoms with Gasteiger partial charge in [0.15, 0.2) is 0 Å². The molecular formula is C15H25NO2. The Balaban J connectivity index is 2.05. The second-order valence-corrected chi connectivity index (χ2v) is 6.62. The lowest BCUT2D eigenvalue weighted by Crippen LogP contribution is -2.37. The Kier molecular flexibility index (Phi) is 3.83. The van der Waals surface area contributed by atoms with Crippen LogP contribution in [0, 0.1) is 11.3 Å². The quantitative estimate of drug-likeness (QED) is 0.865. The van der Waals surface area contributed by atoms with Gasteiger partial charge in [-0.05, 0) is 23.8 Å². The molecule has 2 rings (SSSR count). The summed E-state index contributed by atoms with van der Waals surface area (Å²) in [6.45, 7) is 9.27. The summed E-state index contributed by atoms with van der Waals surface area (Å²) in [5.74, 6) is 1.39. The van der Waals surface area contributed by atoms with E-state index < -0.39 is 0 Å². The molecule has 1 heterocycles. The third kappa shape index (κ3) is 2.96. The fourth-order valence-corrected chi connectivity index (χ4v) is 2.65. The zero-order valence-corrected chi connectivity index (χ0v) is 11.9. The Morgan fingerprint density at radius 3 is 2.89 bits per heavy atom. The second-order valence-electron chi connectivity index (χ2n) is 6.62. The smallest absolute Gasteiger partial charge is 0.109 e. The summed E-state index contributed by atoms with van der Waals surface area (Å²) in [5, 5.41) is 13.4. The van der Waals surface area contributed by atoms with E-state index in [1.807, 2.05) is 13.8 Å². The van der Waals surface area contributed by atoms with Gasteiger partial charge in [-0.15, -0.1) is 0 Å². The van der Waals surface area contributed by atoms with E-state index in [-0.39, 0.29) is 17.4 Å². The molecule has 1 aromatic heterocycles. The lowest BCUT2D eigenvalue weighted by Gasteiger charge is -2.35. The van der Waals surface area contributed by atoms with Crippen molar-refractivity contribution in [3.05, 3.63) is 23.7 Å². The first-order valence-electron chi connectivity index (χ1n) is 6.87. The molecule has 0 saturated heterocycles. The molecule has 0 amide bonds. The van der Waals surface area contributed by atoms with Crippen molar-refractivity contribution in [3.63, 3.8) is 0 Å². The lowest BCUT2D eigenvalue weighted by atomic mass is 9.74. The number of aliphatic hydroxyl groups excluding tert-OH is 1. The van der Waals surface area contributed by atoms with Crippen LogP contribution in [0.4, 0.5) is 0 Å². The van der Waals surface area contributed by atoms with Gasteiger partial charge in [0.2, 0.25) is 0 Å². The number of fused-ring (bicyclic) bond motifs is 1. The van der Waals surface area contributed by atoms with Crippen LogP contribution in [-0.4, -0.2) is 17.8 Å². The van der Waals surface area contributed by atoms with E-state index in [1.54, 1.807) is 6.26 Å². The first kappa shape index (κ1) is 13.6. The van der Waals surface area contributed by atoms with E-state index in [0.29, 0.717) is 12.6 Å². The molecule has 2 N–H and O–H groups in total. The van der Waals surface area contributed by atoms with Gasteiger partial charge in [0.1, 0.15) is 5.76 Å². The number of nitrogens with one attached hydrogen (secondary N) is 1. The van der Waals surface area contributed by atoms with Crippen LogP contribution < -0.4 is 5.32 Å². The highest BCUT2D eigenvalue weighted by Crippen LogP contribution is 2.41. The fraction of sp³-hybridized carbons (Fsp3) is 0.733. The molecular weight excluding hydrogens is 226 g/mol. The molecule has 0 saturated carbocycles. The van der Waals surface area contributed by atoms with Crippen molar-refractivity contribution in [1.82, 2.24) is 5.32 Å². The molecule has 0 radical (unpaired) electrons. The first-order chi connectivity index (χ1) is 8.39. The minimum absolute atomic E-state index is 0.255. The molecule has 0 spiro atoms. The average molecular weight is 251 g/mol. The number of hydrogen-bond acceptors (Lipinski definition) is 3. The number of aliphatic hydroxyl groups is 1. The zero-order chi connectivity index (χ0) is 13.3. The summed E-state index contributed by atoms with van der Waals surface area (Å²) in [6.07, 6.45) is 3.58. The Labute approximate surface area is 110 Å². The summed E-state index contributed by atoms with van der Waals surface area (Å²) >= 11 is 0. The van der Waals surface area contributed by atoms with E-state index in [1.165, 1.54) is 5.56 Å². The SMILES string of the molecule is CC(C)C(O)CNC1CC(C)(C)Cc2occc21. The predicted molar refractivity (Wildman–Crippen MR) is 72.4 cm³/mol. The molecule has 3 heteroatoms. The van der Waals surface area contributed by atoms with Crippen molar-refractivity contribution in [1.29, 1.82) is 0 Å². The normalized spacial score (nSPS) is 24.0. The van der Waals surface area contributed by atoms with Gasteiger partial charge >= 0.3 is 0 Å². The molecule has 1 aromatic rings. The van der Waals surface area contributed by atoms with E-state index in [4.69, 9.17) is 4.42 Å². The van der Waals surface area contributed by atoms with Gasteiger partial charge in [0, 0.05) is 24.6 Å². The summed E-state index contributed by atoms with van der Waals surface area (Å²) in [6, 6.07) is 2.36. The summed E-state index contributed by atoms with van der Waals surface area (Å²) in [7, 11) is 0. The maximum Gasteiger partial charge on any atom is 0.109 e. The Morgan fingerprint density at radius 1 is 1.50 bits per heavy atom. The molecule has 0 aliphatic heterocycles. The highest BCUT2D eigenvalue weighted by Gasteiger charge is 2.34. The van der Waals surface area contributed by atoms with E-state index in [9.17, 15) is 5.11 Å². The molecule has 0 aromatic carbocycles.